The molecule has 24 heavy (non-hydrogen) atoms. The van der Waals surface area contributed by atoms with Crippen LogP contribution in [-0.4, -0.2) is 5.91 Å². The van der Waals surface area contributed by atoms with Crippen LogP contribution in [0.25, 0.3) is 0 Å². The molecular weight excluding hydrogens is 294 g/mol. The minimum Gasteiger partial charge on any atom is -0.345 e. The average molecular weight is 321 g/mol. The molecule has 2 nitrogen and oxygen atoms in total. The van der Waals surface area contributed by atoms with Crippen LogP contribution in [0.2, 0.25) is 0 Å². The van der Waals surface area contributed by atoms with Crippen LogP contribution in [-0.2, 0) is 12.8 Å². The summed E-state index contributed by atoms with van der Waals surface area (Å²) in [6, 6.07) is 12.7. The van der Waals surface area contributed by atoms with Crippen LogP contribution in [0, 0.1) is 13.8 Å². The third kappa shape index (κ3) is 3.53. The van der Waals surface area contributed by atoms with Crippen molar-refractivity contribution in [3.8, 4) is 0 Å². The zero-order valence-corrected chi connectivity index (χ0v) is 15.0. The Bertz CT molecular complexity index is 748. The number of carbonyl (C=O) groups excluding carboxylic acids is 1. The molecule has 2 aromatic rings. The molecule has 0 saturated heterocycles. The molecule has 3 rings (SSSR count). The second-order valence-electron chi connectivity index (χ2n) is 6.98. The number of carbonyl (C=O) groups is 1. The Hall–Kier alpha value is -2.09. The maximum Gasteiger partial charge on any atom is 0.251 e. The first-order valence-corrected chi connectivity index (χ1v) is 9.08. The fourth-order valence-electron chi connectivity index (χ4n) is 3.73. The number of aryl methyl sites for hydroxylation is 4. The third-order valence-electron chi connectivity index (χ3n) is 5.12. The van der Waals surface area contributed by atoms with E-state index in [2.05, 4.69) is 56.4 Å². The van der Waals surface area contributed by atoms with Crippen LogP contribution in [0.15, 0.2) is 36.4 Å². The molecule has 0 aliphatic heterocycles. The van der Waals surface area contributed by atoms with Gasteiger partial charge in [-0.1, -0.05) is 36.8 Å². The van der Waals surface area contributed by atoms with Gasteiger partial charge in [0, 0.05) is 5.56 Å². The van der Waals surface area contributed by atoms with E-state index in [1.165, 1.54) is 40.7 Å². The molecular formula is C22H27NO. The molecule has 1 N–H and O–H groups in total. The van der Waals surface area contributed by atoms with Gasteiger partial charge in [-0.25, -0.2) is 0 Å². The van der Waals surface area contributed by atoms with E-state index < -0.39 is 0 Å². The molecule has 0 spiro atoms. The highest BCUT2D eigenvalue weighted by Crippen LogP contribution is 2.24. The molecule has 1 aliphatic rings. The predicted molar refractivity (Wildman–Crippen MR) is 99.5 cm³/mol. The average Bonchev–Trinajstić information content (AvgIpc) is 2.59. The molecule has 126 valence electrons. The highest BCUT2D eigenvalue weighted by Gasteiger charge is 2.17. The molecule has 0 aromatic heterocycles. The van der Waals surface area contributed by atoms with Gasteiger partial charge >= 0.3 is 0 Å². The molecule has 2 aromatic carbocycles. The Kier molecular flexibility index (Phi) is 5.03. The zero-order valence-electron chi connectivity index (χ0n) is 15.0. The molecule has 0 fully saturated rings. The third-order valence-corrected chi connectivity index (χ3v) is 5.12. The van der Waals surface area contributed by atoms with Crippen molar-refractivity contribution < 1.29 is 4.79 Å². The van der Waals surface area contributed by atoms with Gasteiger partial charge < -0.3 is 5.32 Å². The summed E-state index contributed by atoms with van der Waals surface area (Å²) in [5, 5.41) is 3.23. The van der Waals surface area contributed by atoms with Crippen LogP contribution in [0.5, 0.6) is 0 Å². The summed E-state index contributed by atoms with van der Waals surface area (Å²) in [5.41, 5.74) is 7.28. The van der Waals surface area contributed by atoms with E-state index in [1.54, 1.807) is 0 Å². The topological polar surface area (TPSA) is 29.1 Å². The van der Waals surface area contributed by atoms with Crippen molar-refractivity contribution in [2.45, 2.75) is 58.9 Å². The Morgan fingerprint density at radius 3 is 2.50 bits per heavy atom. The van der Waals surface area contributed by atoms with Gasteiger partial charge in [-0.2, -0.15) is 0 Å². The van der Waals surface area contributed by atoms with Crippen molar-refractivity contribution in [3.05, 3.63) is 69.8 Å². The number of amides is 1. The maximum atomic E-state index is 12.7. The Morgan fingerprint density at radius 1 is 1.04 bits per heavy atom. The van der Waals surface area contributed by atoms with Gasteiger partial charge in [0.25, 0.3) is 5.91 Å². The number of fused-ring (bicyclic) bond motifs is 1. The monoisotopic (exact) mass is 321 g/mol. The smallest absolute Gasteiger partial charge is 0.251 e. The van der Waals surface area contributed by atoms with Crippen LogP contribution >= 0.6 is 0 Å². The predicted octanol–water partition coefficient (Wildman–Crippen LogP) is 5.06. The SMILES string of the molecule is CC[C@@H](NC(=O)c1ccc2c(c1)CCCC2)c1ccc(C)cc1C. The zero-order chi connectivity index (χ0) is 17.1. The second-order valence-corrected chi connectivity index (χ2v) is 6.98. The fourth-order valence-corrected chi connectivity index (χ4v) is 3.73. The van der Waals surface area contributed by atoms with Crippen molar-refractivity contribution in [1.82, 2.24) is 5.32 Å². The van der Waals surface area contributed by atoms with Gasteiger partial charge in [-0.3, -0.25) is 4.79 Å². The Morgan fingerprint density at radius 2 is 1.79 bits per heavy atom. The molecule has 0 radical (unpaired) electrons. The number of rotatable bonds is 4. The minimum atomic E-state index is 0.0372. The molecule has 1 aliphatic carbocycles. The lowest BCUT2D eigenvalue weighted by molar-refractivity contribution is 0.0935. The summed E-state index contributed by atoms with van der Waals surface area (Å²) in [6.07, 6.45) is 5.64. The highest BCUT2D eigenvalue weighted by atomic mass is 16.1. The fraction of sp³-hybridized carbons (Fsp3) is 0.409. The van der Waals surface area contributed by atoms with E-state index in [1.807, 2.05) is 6.07 Å². The standard InChI is InChI=1S/C22H27NO/c1-4-21(20-12-9-15(2)13-16(20)3)23-22(24)19-11-10-17-7-5-6-8-18(17)14-19/h9-14,21H,4-8H2,1-3H3,(H,23,24)/t21-/m1/s1. The molecule has 0 bridgehead atoms. The summed E-state index contributed by atoms with van der Waals surface area (Å²) in [7, 11) is 0. The van der Waals surface area contributed by atoms with Gasteiger partial charge in [0.1, 0.15) is 0 Å². The Labute approximate surface area is 145 Å². The Balaban J connectivity index is 1.79. The van der Waals surface area contributed by atoms with Crippen molar-refractivity contribution >= 4 is 5.91 Å². The molecule has 0 heterocycles. The van der Waals surface area contributed by atoms with Gasteiger partial charge in [0.2, 0.25) is 0 Å². The van der Waals surface area contributed by atoms with E-state index in [0.29, 0.717) is 0 Å². The van der Waals surface area contributed by atoms with Crippen LogP contribution in [0.1, 0.15) is 70.4 Å². The molecule has 1 amide bonds. The summed E-state index contributed by atoms with van der Waals surface area (Å²) in [5.74, 6) is 0.0372. The summed E-state index contributed by atoms with van der Waals surface area (Å²) >= 11 is 0. The second kappa shape index (κ2) is 7.21. The minimum absolute atomic E-state index is 0.0372. The van der Waals surface area contributed by atoms with E-state index >= 15 is 0 Å². The lowest BCUT2D eigenvalue weighted by Crippen LogP contribution is -2.29. The first-order valence-electron chi connectivity index (χ1n) is 9.08. The van der Waals surface area contributed by atoms with Gasteiger partial charge in [0.15, 0.2) is 0 Å². The largest absolute Gasteiger partial charge is 0.345 e. The highest BCUT2D eigenvalue weighted by molar-refractivity contribution is 5.94. The number of nitrogens with one attached hydrogen (secondary N) is 1. The summed E-state index contributed by atoms with van der Waals surface area (Å²) in [4.78, 5) is 12.7. The lowest BCUT2D eigenvalue weighted by Gasteiger charge is -2.21. The quantitative estimate of drug-likeness (QED) is 0.837. The first kappa shape index (κ1) is 16.8. The number of benzene rings is 2. The summed E-state index contributed by atoms with van der Waals surface area (Å²) in [6.45, 7) is 6.34. The molecule has 1 atom stereocenters. The van der Waals surface area contributed by atoms with E-state index in [4.69, 9.17) is 0 Å². The van der Waals surface area contributed by atoms with Crippen molar-refractivity contribution in [2.75, 3.05) is 0 Å². The molecule has 0 unspecified atom stereocenters. The molecule has 0 saturated carbocycles. The van der Waals surface area contributed by atoms with E-state index in [-0.39, 0.29) is 11.9 Å². The van der Waals surface area contributed by atoms with Crippen LogP contribution in [0.4, 0.5) is 0 Å². The van der Waals surface area contributed by atoms with Gasteiger partial charge in [-0.15, -0.1) is 0 Å². The number of hydrogen-bond donors (Lipinski definition) is 1. The lowest BCUT2D eigenvalue weighted by atomic mass is 9.90. The molecule has 2 heteroatoms. The number of hydrogen-bond acceptors (Lipinski definition) is 1. The van der Waals surface area contributed by atoms with E-state index in [9.17, 15) is 4.79 Å². The van der Waals surface area contributed by atoms with Crippen molar-refractivity contribution in [2.24, 2.45) is 0 Å². The van der Waals surface area contributed by atoms with Crippen molar-refractivity contribution in [1.29, 1.82) is 0 Å². The van der Waals surface area contributed by atoms with Crippen LogP contribution in [0.3, 0.4) is 0 Å². The van der Waals surface area contributed by atoms with Gasteiger partial charge in [-0.05, 0) is 80.3 Å². The first-order chi connectivity index (χ1) is 11.6. The normalized spacial score (nSPS) is 14.8. The van der Waals surface area contributed by atoms with Crippen molar-refractivity contribution in [3.63, 3.8) is 0 Å². The van der Waals surface area contributed by atoms with Crippen LogP contribution < -0.4 is 5.32 Å². The van der Waals surface area contributed by atoms with E-state index in [0.717, 1.165) is 24.8 Å². The summed E-state index contributed by atoms with van der Waals surface area (Å²) < 4.78 is 0. The van der Waals surface area contributed by atoms with Gasteiger partial charge in [0.05, 0.1) is 6.04 Å². The maximum absolute atomic E-state index is 12.7.